The van der Waals surface area contributed by atoms with Gasteiger partial charge in [0.1, 0.15) is 11.6 Å². The zero-order valence-corrected chi connectivity index (χ0v) is 8.27. The molecule has 0 bridgehead atoms. The summed E-state index contributed by atoms with van der Waals surface area (Å²) in [7, 11) is 0. The number of pyridine rings is 1. The summed E-state index contributed by atoms with van der Waals surface area (Å²) in [5.41, 5.74) is 7.01. The lowest BCUT2D eigenvalue weighted by Crippen LogP contribution is -1.93. The number of benzene rings is 1. The number of hydrogen-bond donors (Lipinski definition) is 1. The molecule has 2 nitrogen and oxygen atoms in total. The van der Waals surface area contributed by atoms with Crippen LogP contribution in [0.4, 0.5) is 10.2 Å². The van der Waals surface area contributed by atoms with E-state index in [1.165, 1.54) is 6.07 Å². The molecule has 0 fully saturated rings. The molecule has 1 heterocycles. The van der Waals surface area contributed by atoms with Gasteiger partial charge in [-0.2, -0.15) is 0 Å². The zero-order chi connectivity index (χ0) is 10.3. The predicted molar refractivity (Wildman–Crippen MR) is 55.9 cm³/mol. The van der Waals surface area contributed by atoms with Crippen LogP contribution in [0.1, 0.15) is 5.56 Å². The van der Waals surface area contributed by atoms with Crippen molar-refractivity contribution in [3.8, 4) is 0 Å². The molecule has 14 heavy (non-hydrogen) atoms. The van der Waals surface area contributed by atoms with Crippen molar-refractivity contribution < 1.29 is 4.39 Å². The van der Waals surface area contributed by atoms with Crippen LogP contribution in [0.3, 0.4) is 0 Å². The SMILES string of the molecule is Cc1cc(N)nc2ccc(F)c(Cl)c12. The molecule has 0 amide bonds. The maximum absolute atomic E-state index is 13.1. The van der Waals surface area contributed by atoms with Gasteiger partial charge in [0, 0.05) is 5.39 Å². The van der Waals surface area contributed by atoms with E-state index in [0.29, 0.717) is 16.7 Å². The largest absolute Gasteiger partial charge is 0.384 e. The third-order valence-electron chi connectivity index (χ3n) is 2.08. The lowest BCUT2D eigenvalue weighted by atomic mass is 10.1. The molecule has 0 aliphatic rings. The van der Waals surface area contributed by atoms with Gasteiger partial charge in [0.15, 0.2) is 0 Å². The highest BCUT2D eigenvalue weighted by atomic mass is 35.5. The van der Waals surface area contributed by atoms with Crippen LogP contribution in [-0.2, 0) is 0 Å². The molecule has 0 saturated carbocycles. The van der Waals surface area contributed by atoms with Crippen LogP contribution in [0.25, 0.3) is 10.9 Å². The summed E-state index contributed by atoms with van der Waals surface area (Å²) in [5, 5.41) is 0.730. The van der Waals surface area contributed by atoms with E-state index in [1.807, 2.05) is 6.92 Å². The van der Waals surface area contributed by atoms with E-state index in [-0.39, 0.29) is 5.02 Å². The normalized spacial score (nSPS) is 10.8. The van der Waals surface area contributed by atoms with Crippen molar-refractivity contribution in [2.24, 2.45) is 0 Å². The van der Waals surface area contributed by atoms with E-state index in [9.17, 15) is 4.39 Å². The lowest BCUT2D eigenvalue weighted by Gasteiger charge is -2.05. The van der Waals surface area contributed by atoms with Crippen LogP contribution in [-0.4, -0.2) is 4.98 Å². The number of hydrogen-bond acceptors (Lipinski definition) is 2. The Kier molecular flexibility index (Phi) is 2.04. The van der Waals surface area contributed by atoms with Gasteiger partial charge in [-0.25, -0.2) is 9.37 Å². The molecule has 0 aliphatic carbocycles. The van der Waals surface area contributed by atoms with E-state index in [1.54, 1.807) is 12.1 Å². The molecule has 2 aromatic rings. The second kappa shape index (κ2) is 3.10. The molecule has 4 heteroatoms. The molecule has 0 unspecified atom stereocenters. The number of halogens is 2. The van der Waals surface area contributed by atoms with E-state index in [2.05, 4.69) is 4.98 Å². The number of nitrogen functional groups attached to an aromatic ring is 1. The summed E-state index contributed by atoms with van der Waals surface area (Å²) in [6, 6.07) is 4.53. The fourth-order valence-corrected chi connectivity index (χ4v) is 1.78. The Bertz CT molecular complexity index is 511. The van der Waals surface area contributed by atoms with Crippen molar-refractivity contribution in [2.75, 3.05) is 5.73 Å². The molecule has 2 rings (SSSR count). The summed E-state index contributed by atoms with van der Waals surface area (Å²) in [5.74, 6) is -0.0217. The fourth-order valence-electron chi connectivity index (χ4n) is 1.47. The first-order valence-corrected chi connectivity index (χ1v) is 4.48. The molecule has 0 spiro atoms. The number of fused-ring (bicyclic) bond motifs is 1. The van der Waals surface area contributed by atoms with Crippen LogP contribution in [0.5, 0.6) is 0 Å². The highest BCUT2D eigenvalue weighted by Gasteiger charge is 2.08. The highest BCUT2D eigenvalue weighted by Crippen LogP contribution is 2.28. The van der Waals surface area contributed by atoms with Gasteiger partial charge in [-0.15, -0.1) is 0 Å². The standard InChI is InChI=1S/C10H8ClFN2/c1-5-4-8(13)14-7-3-2-6(12)10(11)9(5)7/h2-4H,1H3,(H2,13,14). The third kappa shape index (κ3) is 1.30. The molecule has 0 atom stereocenters. The first-order valence-electron chi connectivity index (χ1n) is 4.10. The molecule has 0 saturated heterocycles. The van der Waals surface area contributed by atoms with E-state index in [0.717, 1.165) is 5.56 Å². The minimum absolute atomic E-state index is 0.104. The average molecular weight is 211 g/mol. The molecular weight excluding hydrogens is 203 g/mol. The van der Waals surface area contributed by atoms with Gasteiger partial charge in [-0.1, -0.05) is 11.6 Å². The molecule has 72 valence electrons. The Morgan fingerprint density at radius 3 is 2.86 bits per heavy atom. The van der Waals surface area contributed by atoms with Gasteiger partial charge in [-0.05, 0) is 30.7 Å². The van der Waals surface area contributed by atoms with Crippen molar-refractivity contribution in [1.82, 2.24) is 4.98 Å². The van der Waals surface area contributed by atoms with E-state index < -0.39 is 5.82 Å². The smallest absolute Gasteiger partial charge is 0.142 e. The molecule has 1 aromatic heterocycles. The number of nitrogens with zero attached hydrogens (tertiary/aromatic N) is 1. The van der Waals surface area contributed by atoms with Gasteiger partial charge in [-0.3, -0.25) is 0 Å². The van der Waals surface area contributed by atoms with Gasteiger partial charge in [0.2, 0.25) is 0 Å². The van der Waals surface area contributed by atoms with Crippen LogP contribution in [0.2, 0.25) is 5.02 Å². The minimum Gasteiger partial charge on any atom is -0.384 e. The number of aryl methyl sites for hydroxylation is 1. The monoisotopic (exact) mass is 210 g/mol. The van der Waals surface area contributed by atoms with Crippen molar-refractivity contribution >= 4 is 28.3 Å². The second-order valence-corrected chi connectivity index (χ2v) is 3.50. The number of anilines is 1. The zero-order valence-electron chi connectivity index (χ0n) is 7.51. The molecule has 2 N–H and O–H groups in total. The van der Waals surface area contributed by atoms with Crippen LogP contribution in [0.15, 0.2) is 18.2 Å². The Morgan fingerprint density at radius 2 is 2.14 bits per heavy atom. The van der Waals surface area contributed by atoms with Gasteiger partial charge < -0.3 is 5.73 Å². The van der Waals surface area contributed by atoms with Crippen LogP contribution < -0.4 is 5.73 Å². The minimum atomic E-state index is -0.436. The molecule has 0 radical (unpaired) electrons. The maximum atomic E-state index is 13.1. The summed E-state index contributed by atoms with van der Waals surface area (Å²) >= 11 is 5.83. The summed E-state index contributed by atoms with van der Waals surface area (Å²) in [4.78, 5) is 4.07. The van der Waals surface area contributed by atoms with Crippen LogP contribution in [0, 0.1) is 12.7 Å². The van der Waals surface area contributed by atoms with E-state index in [4.69, 9.17) is 17.3 Å². The Morgan fingerprint density at radius 1 is 1.43 bits per heavy atom. The Balaban J connectivity index is 2.95. The van der Waals surface area contributed by atoms with Crippen molar-refractivity contribution in [3.05, 3.63) is 34.6 Å². The van der Waals surface area contributed by atoms with Gasteiger partial charge in [0.25, 0.3) is 0 Å². The second-order valence-electron chi connectivity index (χ2n) is 3.12. The molecule has 0 aliphatic heterocycles. The summed E-state index contributed by atoms with van der Waals surface area (Å²) < 4.78 is 13.1. The molecular formula is C10H8ClFN2. The van der Waals surface area contributed by atoms with Crippen molar-refractivity contribution in [2.45, 2.75) is 6.92 Å². The average Bonchev–Trinajstić information content (AvgIpc) is 2.10. The van der Waals surface area contributed by atoms with E-state index >= 15 is 0 Å². The predicted octanol–water partition coefficient (Wildman–Crippen LogP) is 2.92. The van der Waals surface area contributed by atoms with Gasteiger partial charge >= 0.3 is 0 Å². The number of aromatic nitrogens is 1. The first-order chi connectivity index (χ1) is 6.59. The topological polar surface area (TPSA) is 38.9 Å². The number of rotatable bonds is 0. The summed E-state index contributed by atoms with van der Waals surface area (Å²) in [6.45, 7) is 1.83. The Labute approximate surface area is 85.5 Å². The number of nitrogens with two attached hydrogens (primary N) is 1. The van der Waals surface area contributed by atoms with Crippen molar-refractivity contribution in [3.63, 3.8) is 0 Å². The van der Waals surface area contributed by atoms with Crippen LogP contribution >= 0.6 is 11.6 Å². The lowest BCUT2D eigenvalue weighted by molar-refractivity contribution is 0.630. The quantitative estimate of drug-likeness (QED) is 0.726. The maximum Gasteiger partial charge on any atom is 0.142 e. The first kappa shape index (κ1) is 9.21. The summed E-state index contributed by atoms with van der Waals surface area (Å²) in [6.07, 6.45) is 0. The van der Waals surface area contributed by atoms with Crippen molar-refractivity contribution in [1.29, 1.82) is 0 Å². The highest BCUT2D eigenvalue weighted by molar-refractivity contribution is 6.35. The third-order valence-corrected chi connectivity index (χ3v) is 2.45. The Hall–Kier alpha value is -1.35. The molecule has 1 aromatic carbocycles. The fraction of sp³-hybridized carbons (Fsp3) is 0.100. The van der Waals surface area contributed by atoms with Gasteiger partial charge in [0.05, 0.1) is 10.5 Å².